The summed E-state index contributed by atoms with van der Waals surface area (Å²) in [6.07, 6.45) is 1.51. The molecule has 1 atom stereocenters. The Morgan fingerprint density at radius 1 is 1.48 bits per heavy atom. The fraction of sp³-hybridized carbons (Fsp3) is 0.538. The zero-order valence-corrected chi connectivity index (χ0v) is 14.5. The topological polar surface area (TPSA) is 95.3 Å². The highest BCUT2D eigenvalue weighted by molar-refractivity contribution is 7.91. The fourth-order valence-corrected chi connectivity index (χ4v) is 5.09. The smallest absolute Gasteiger partial charge is 0.254 e. The van der Waals surface area contributed by atoms with Crippen molar-refractivity contribution in [2.45, 2.75) is 36.2 Å². The number of ether oxygens (including phenoxy) is 2. The maximum absolute atomic E-state index is 12.6. The molecule has 10 heteroatoms. The molecule has 2 aromatic rings. The molecule has 0 spiro atoms. The van der Waals surface area contributed by atoms with Crippen LogP contribution in [0.1, 0.15) is 30.5 Å². The predicted octanol–water partition coefficient (Wildman–Crippen LogP) is 1.31. The summed E-state index contributed by atoms with van der Waals surface area (Å²) >= 11 is 1.13. The first-order chi connectivity index (χ1) is 11.0. The molecular weight excluding hydrogens is 340 g/mol. The number of thiophene rings is 1. The van der Waals surface area contributed by atoms with Gasteiger partial charge < -0.3 is 9.47 Å². The van der Waals surface area contributed by atoms with Gasteiger partial charge in [0.15, 0.2) is 10.0 Å². The lowest BCUT2D eigenvalue weighted by Gasteiger charge is -2.22. The lowest BCUT2D eigenvalue weighted by Crippen LogP contribution is -2.33. The lowest BCUT2D eigenvalue weighted by molar-refractivity contribution is 0.177. The molecule has 23 heavy (non-hydrogen) atoms. The first-order valence-electron chi connectivity index (χ1n) is 7.11. The summed E-state index contributed by atoms with van der Waals surface area (Å²) < 4.78 is 40.0. The standard InChI is InChI=1S/C13H18N4O4S2/c1-20-8-11-14-12-9(4-3-6-17(12)15-11)16-23(18,19)13-10(21-2)5-7-22-13/h5,7,9,16H,3-4,6,8H2,1-2H3. The van der Waals surface area contributed by atoms with Gasteiger partial charge in [-0.3, -0.25) is 0 Å². The maximum atomic E-state index is 12.6. The molecule has 1 aliphatic heterocycles. The van der Waals surface area contributed by atoms with Gasteiger partial charge in [0.2, 0.25) is 0 Å². The van der Waals surface area contributed by atoms with E-state index in [2.05, 4.69) is 14.8 Å². The van der Waals surface area contributed by atoms with Crippen LogP contribution in [0.3, 0.4) is 0 Å². The van der Waals surface area contributed by atoms with Gasteiger partial charge >= 0.3 is 0 Å². The molecule has 3 rings (SSSR count). The van der Waals surface area contributed by atoms with Crippen molar-refractivity contribution in [1.82, 2.24) is 19.5 Å². The van der Waals surface area contributed by atoms with Crippen LogP contribution in [0.2, 0.25) is 0 Å². The monoisotopic (exact) mass is 358 g/mol. The Morgan fingerprint density at radius 3 is 3.04 bits per heavy atom. The number of sulfonamides is 1. The van der Waals surface area contributed by atoms with Crippen LogP contribution in [-0.4, -0.2) is 37.4 Å². The van der Waals surface area contributed by atoms with Crippen LogP contribution < -0.4 is 9.46 Å². The number of hydrogen-bond donors (Lipinski definition) is 1. The largest absolute Gasteiger partial charge is 0.494 e. The number of fused-ring (bicyclic) bond motifs is 1. The van der Waals surface area contributed by atoms with Gasteiger partial charge in [0.05, 0.1) is 13.2 Å². The number of rotatable bonds is 6. The van der Waals surface area contributed by atoms with E-state index >= 15 is 0 Å². The van der Waals surface area contributed by atoms with Crippen LogP contribution in [0.5, 0.6) is 5.75 Å². The first kappa shape index (κ1) is 16.4. The van der Waals surface area contributed by atoms with Gasteiger partial charge in [-0.25, -0.2) is 18.1 Å². The van der Waals surface area contributed by atoms with Crippen molar-refractivity contribution < 1.29 is 17.9 Å². The van der Waals surface area contributed by atoms with E-state index in [-0.39, 0.29) is 4.21 Å². The van der Waals surface area contributed by atoms with Crippen molar-refractivity contribution in [3.05, 3.63) is 23.1 Å². The Morgan fingerprint density at radius 2 is 2.30 bits per heavy atom. The molecule has 0 saturated carbocycles. The second kappa shape index (κ2) is 6.56. The van der Waals surface area contributed by atoms with Crippen LogP contribution in [0.4, 0.5) is 0 Å². The summed E-state index contributed by atoms with van der Waals surface area (Å²) in [6.45, 7) is 1.03. The average molecular weight is 358 g/mol. The second-order valence-electron chi connectivity index (χ2n) is 5.13. The van der Waals surface area contributed by atoms with Crippen molar-refractivity contribution in [2.75, 3.05) is 14.2 Å². The maximum Gasteiger partial charge on any atom is 0.254 e. The van der Waals surface area contributed by atoms with Crippen molar-refractivity contribution >= 4 is 21.4 Å². The minimum absolute atomic E-state index is 0.175. The van der Waals surface area contributed by atoms with Gasteiger partial charge in [0.1, 0.15) is 18.2 Å². The van der Waals surface area contributed by atoms with E-state index in [9.17, 15) is 8.42 Å². The normalized spacial score (nSPS) is 17.9. The highest BCUT2D eigenvalue weighted by Crippen LogP contribution is 2.32. The Bertz CT molecular complexity index is 784. The number of aryl methyl sites for hydroxylation is 1. The second-order valence-corrected chi connectivity index (χ2v) is 7.96. The quantitative estimate of drug-likeness (QED) is 0.836. The van der Waals surface area contributed by atoms with E-state index in [0.29, 0.717) is 30.4 Å². The molecule has 2 aromatic heterocycles. The highest BCUT2D eigenvalue weighted by Gasteiger charge is 2.31. The van der Waals surface area contributed by atoms with Gasteiger partial charge in [-0.15, -0.1) is 11.3 Å². The summed E-state index contributed by atoms with van der Waals surface area (Å²) in [5.74, 6) is 1.53. The number of nitrogens with one attached hydrogen (secondary N) is 1. The molecule has 126 valence electrons. The van der Waals surface area contributed by atoms with E-state index in [0.717, 1.165) is 24.3 Å². The number of aromatic nitrogens is 3. The molecule has 0 aromatic carbocycles. The van der Waals surface area contributed by atoms with Gasteiger partial charge in [-0.2, -0.15) is 9.82 Å². The van der Waals surface area contributed by atoms with Crippen molar-refractivity contribution in [2.24, 2.45) is 0 Å². The molecule has 1 aliphatic rings. The molecule has 3 heterocycles. The summed E-state index contributed by atoms with van der Waals surface area (Å²) in [4.78, 5) is 4.40. The highest BCUT2D eigenvalue weighted by atomic mass is 32.2. The molecule has 0 amide bonds. The Balaban J connectivity index is 1.87. The van der Waals surface area contributed by atoms with Crippen LogP contribution in [-0.2, 0) is 27.9 Å². The summed E-state index contributed by atoms with van der Waals surface area (Å²) in [5, 5.41) is 6.03. The van der Waals surface area contributed by atoms with E-state index in [4.69, 9.17) is 9.47 Å². The van der Waals surface area contributed by atoms with Crippen molar-refractivity contribution in [1.29, 1.82) is 0 Å². The fourth-order valence-electron chi connectivity index (χ4n) is 2.57. The molecule has 0 bridgehead atoms. The SMILES string of the molecule is COCc1nc2n(n1)CCCC2NS(=O)(=O)c1sccc1OC. The third-order valence-corrected chi connectivity index (χ3v) is 6.47. The summed E-state index contributed by atoms with van der Waals surface area (Å²) in [6, 6.07) is 1.23. The zero-order chi connectivity index (χ0) is 16.4. The van der Waals surface area contributed by atoms with E-state index in [1.54, 1.807) is 23.2 Å². The molecule has 1 unspecified atom stereocenters. The molecule has 1 N–H and O–H groups in total. The van der Waals surface area contributed by atoms with Crippen LogP contribution in [0, 0.1) is 0 Å². The predicted molar refractivity (Wildman–Crippen MR) is 83.9 cm³/mol. The first-order valence-corrected chi connectivity index (χ1v) is 9.48. The minimum atomic E-state index is -3.67. The van der Waals surface area contributed by atoms with Gasteiger partial charge in [0, 0.05) is 13.7 Å². The Labute approximate surface area is 138 Å². The van der Waals surface area contributed by atoms with Gasteiger partial charge in [-0.1, -0.05) is 0 Å². The van der Waals surface area contributed by atoms with E-state index in [1.165, 1.54) is 7.11 Å². The van der Waals surface area contributed by atoms with E-state index < -0.39 is 16.1 Å². The van der Waals surface area contributed by atoms with Crippen LogP contribution in [0.25, 0.3) is 0 Å². The van der Waals surface area contributed by atoms with Crippen molar-refractivity contribution in [3.63, 3.8) is 0 Å². The molecule has 0 radical (unpaired) electrons. The average Bonchev–Trinajstić information content (AvgIpc) is 3.13. The van der Waals surface area contributed by atoms with E-state index in [1.807, 2.05) is 0 Å². The molecule has 8 nitrogen and oxygen atoms in total. The summed E-state index contributed by atoms with van der Waals surface area (Å²) in [5.41, 5.74) is 0. The lowest BCUT2D eigenvalue weighted by atomic mass is 10.1. The zero-order valence-electron chi connectivity index (χ0n) is 12.9. The third kappa shape index (κ3) is 3.25. The van der Waals surface area contributed by atoms with Crippen molar-refractivity contribution in [3.8, 4) is 5.75 Å². The molecule has 0 fully saturated rings. The van der Waals surface area contributed by atoms with Crippen LogP contribution in [0.15, 0.2) is 15.7 Å². The Kier molecular flexibility index (Phi) is 4.67. The van der Waals surface area contributed by atoms with Gasteiger partial charge in [-0.05, 0) is 24.3 Å². The number of hydrogen-bond acceptors (Lipinski definition) is 7. The Hall–Kier alpha value is -1.49. The number of methoxy groups -OCH3 is 2. The molecule has 0 saturated heterocycles. The molecule has 0 aliphatic carbocycles. The van der Waals surface area contributed by atoms with Gasteiger partial charge in [0.25, 0.3) is 10.0 Å². The summed E-state index contributed by atoms with van der Waals surface area (Å²) in [7, 11) is -0.648. The van der Waals surface area contributed by atoms with Crippen LogP contribution >= 0.6 is 11.3 Å². The molecular formula is C13H18N4O4S2. The minimum Gasteiger partial charge on any atom is -0.494 e. The number of nitrogens with zero attached hydrogens (tertiary/aromatic N) is 3. The third-order valence-electron chi connectivity index (χ3n) is 3.55.